The summed E-state index contributed by atoms with van der Waals surface area (Å²) in [7, 11) is 0. The molecule has 0 radical (unpaired) electrons. The number of alkyl halides is 3. The minimum atomic E-state index is -4.80. The van der Waals surface area contributed by atoms with Gasteiger partial charge in [0.1, 0.15) is 11.6 Å². The summed E-state index contributed by atoms with van der Waals surface area (Å²) in [5.74, 6) is -0.452. The van der Waals surface area contributed by atoms with Crippen molar-refractivity contribution in [2.75, 3.05) is 50.0 Å². The number of benzene rings is 2. The van der Waals surface area contributed by atoms with Crippen LogP contribution in [0.5, 0.6) is 0 Å². The molecule has 14 heteroatoms. The number of nitrogens with zero attached hydrogens (tertiary/aromatic N) is 5. The Morgan fingerprint density at radius 2 is 1.82 bits per heavy atom. The maximum Gasteiger partial charge on any atom is 0.417 e. The van der Waals surface area contributed by atoms with Crippen LogP contribution in [0.4, 0.5) is 23.4 Å². The van der Waals surface area contributed by atoms with Crippen molar-refractivity contribution in [2.24, 2.45) is 0 Å². The number of carbonyl (C=O) groups is 1. The lowest BCUT2D eigenvalue weighted by Gasteiger charge is -2.44. The second-order valence-corrected chi connectivity index (χ2v) is 13.1. The molecule has 0 unspecified atom stereocenters. The molecular weight excluding hydrogens is 634 g/mol. The SMILES string of the molecule is C=CC(=O)N1[C@H](C)CN(c2nc(=O)n3c4c(c(-c5ccc(F)c(Cl)c5)c(C(F)(F)F)cc24)SC[C@H](N2CCOCC2)C3)C[C@@H]1C. The zero-order valence-electron chi connectivity index (χ0n) is 24.7. The number of hydrogen-bond donors (Lipinski definition) is 0. The van der Waals surface area contributed by atoms with Crippen LogP contribution in [0.2, 0.25) is 5.02 Å². The van der Waals surface area contributed by atoms with Crippen LogP contribution >= 0.6 is 23.4 Å². The van der Waals surface area contributed by atoms with Gasteiger partial charge in [-0.3, -0.25) is 14.3 Å². The van der Waals surface area contributed by atoms with Crippen LogP contribution in [-0.2, 0) is 22.3 Å². The van der Waals surface area contributed by atoms with E-state index < -0.39 is 23.2 Å². The number of halogens is 5. The van der Waals surface area contributed by atoms with E-state index in [0.29, 0.717) is 37.6 Å². The molecule has 0 aliphatic carbocycles. The number of piperazine rings is 1. The highest BCUT2D eigenvalue weighted by Gasteiger charge is 2.40. The molecule has 2 saturated heterocycles. The molecule has 2 aromatic carbocycles. The van der Waals surface area contributed by atoms with Crippen LogP contribution in [0.25, 0.3) is 22.0 Å². The van der Waals surface area contributed by atoms with Crippen molar-refractivity contribution in [3.8, 4) is 11.1 Å². The van der Waals surface area contributed by atoms with Crippen molar-refractivity contribution in [1.82, 2.24) is 19.4 Å². The summed E-state index contributed by atoms with van der Waals surface area (Å²) < 4.78 is 66.2. The first-order valence-electron chi connectivity index (χ1n) is 14.7. The number of amides is 1. The summed E-state index contributed by atoms with van der Waals surface area (Å²) in [5, 5.41) is -0.118. The van der Waals surface area contributed by atoms with E-state index in [1.54, 1.807) is 9.80 Å². The van der Waals surface area contributed by atoms with Gasteiger partial charge in [0, 0.05) is 72.4 Å². The normalized spacial score (nSPS) is 22.9. The molecule has 3 aliphatic rings. The molecule has 8 nitrogen and oxygen atoms in total. The van der Waals surface area contributed by atoms with Crippen LogP contribution in [0.15, 0.2) is 46.6 Å². The zero-order chi connectivity index (χ0) is 32.2. The Balaban J connectivity index is 1.61. The maximum atomic E-state index is 15.0. The first-order valence-corrected chi connectivity index (χ1v) is 16.0. The summed E-state index contributed by atoms with van der Waals surface area (Å²) in [4.78, 5) is 36.8. The molecule has 0 spiro atoms. The molecule has 0 saturated carbocycles. The highest BCUT2D eigenvalue weighted by molar-refractivity contribution is 7.99. The van der Waals surface area contributed by atoms with Gasteiger partial charge in [0.25, 0.3) is 0 Å². The van der Waals surface area contributed by atoms with E-state index in [1.165, 1.54) is 34.5 Å². The van der Waals surface area contributed by atoms with Crippen molar-refractivity contribution >= 4 is 46.0 Å². The van der Waals surface area contributed by atoms with E-state index in [2.05, 4.69) is 16.5 Å². The Bertz CT molecular complexity index is 1720. The first kappa shape index (κ1) is 31.8. The van der Waals surface area contributed by atoms with Gasteiger partial charge in [-0.05, 0) is 43.7 Å². The summed E-state index contributed by atoms with van der Waals surface area (Å²) in [5.41, 5.74) is -1.22. The molecule has 3 aliphatic heterocycles. The average Bonchev–Trinajstić information content (AvgIpc) is 3.21. The molecule has 0 N–H and O–H groups in total. The van der Waals surface area contributed by atoms with Gasteiger partial charge in [0.2, 0.25) is 5.91 Å². The monoisotopic (exact) mass is 665 g/mol. The van der Waals surface area contributed by atoms with Gasteiger partial charge in [-0.2, -0.15) is 18.2 Å². The van der Waals surface area contributed by atoms with Gasteiger partial charge in [-0.1, -0.05) is 24.2 Å². The highest BCUT2D eigenvalue weighted by atomic mass is 35.5. The van der Waals surface area contributed by atoms with Gasteiger partial charge >= 0.3 is 11.9 Å². The molecular formula is C31H32ClF4N5O3S. The third kappa shape index (κ3) is 5.84. The standard InChI is InChI=1S/C31H32ClF4N5O3S/c1-4-25(42)41-17(2)13-39(14-18(41)3)29-21-12-22(31(34,35)36)26(19-5-6-24(33)23(32)11-19)28-27(21)40(30(43)37-29)15-20(16-45-28)38-7-9-44-10-8-38/h4-6,11-12,17-18,20H,1,7-10,13-16H2,2-3H3/t17-,18+,20-/m1/s1. The molecule has 3 atom stereocenters. The van der Waals surface area contributed by atoms with Crippen molar-refractivity contribution in [3.63, 3.8) is 0 Å². The number of rotatable bonds is 4. The number of carbonyl (C=O) groups excluding carboxylic acids is 1. The van der Waals surface area contributed by atoms with E-state index in [4.69, 9.17) is 16.3 Å². The smallest absolute Gasteiger partial charge is 0.379 e. The van der Waals surface area contributed by atoms with E-state index in [9.17, 15) is 14.0 Å². The fourth-order valence-corrected chi connectivity index (χ4v) is 8.33. The molecule has 1 aromatic heterocycles. The van der Waals surface area contributed by atoms with E-state index in [0.717, 1.165) is 12.1 Å². The number of anilines is 1. The molecule has 2 fully saturated rings. The van der Waals surface area contributed by atoms with E-state index >= 15 is 13.2 Å². The summed E-state index contributed by atoms with van der Waals surface area (Å²) >= 11 is 7.33. The Labute approximate surface area is 266 Å². The fraction of sp³-hybridized carbons (Fsp3) is 0.452. The second kappa shape index (κ2) is 12.2. The molecule has 1 amide bonds. The molecule has 6 rings (SSSR count). The van der Waals surface area contributed by atoms with Gasteiger partial charge in [0.15, 0.2) is 0 Å². The summed E-state index contributed by atoms with van der Waals surface area (Å²) in [6.07, 6.45) is -3.56. The largest absolute Gasteiger partial charge is 0.417 e. The van der Waals surface area contributed by atoms with Crippen LogP contribution < -0.4 is 10.6 Å². The topological polar surface area (TPSA) is 70.9 Å². The average molecular weight is 666 g/mol. The van der Waals surface area contributed by atoms with E-state index in [1.807, 2.05) is 13.8 Å². The molecule has 0 bridgehead atoms. The first-order chi connectivity index (χ1) is 21.4. The number of aromatic nitrogens is 2. The van der Waals surface area contributed by atoms with Crippen LogP contribution in [0, 0.1) is 5.82 Å². The van der Waals surface area contributed by atoms with Gasteiger partial charge in [0.05, 0.1) is 29.3 Å². The molecule has 45 heavy (non-hydrogen) atoms. The fourth-order valence-electron chi connectivity index (χ4n) is 6.75. The van der Waals surface area contributed by atoms with Gasteiger partial charge in [-0.25, -0.2) is 9.18 Å². The lowest BCUT2D eigenvalue weighted by molar-refractivity contribution is -0.137. The van der Waals surface area contributed by atoms with Crippen LogP contribution in [-0.4, -0.2) is 88.5 Å². The Morgan fingerprint density at radius 1 is 1.13 bits per heavy atom. The predicted octanol–water partition coefficient (Wildman–Crippen LogP) is 5.29. The number of hydrogen-bond acceptors (Lipinski definition) is 7. The van der Waals surface area contributed by atoms with Crippen molar-refractivity contribution in [2.45, 2.75) is 49.6 Å². The second-order valence-electron chi connectivity index (χ2n) is 11.6. The Hall–Kier alpha value is -3.13. The minimum absolute atomic E-state index is 0.0964. The molecule has 4 heterocycles. The highest BCUT2D eigenvalue weighted by Crippen LogP contribution is 2.49. The lowest BCUT2D eigenvalue weighted by Crippen LogP contribution is -2.58. The van der Waals surface area contributed by atoms with Crippen LogP contribution in [0.1, 0.15) is 19.4 Å². The van der Waals surface area contributed by atoms with Gasteiger partial charge < -0.3 is 14.5 Å². The Morgan fingerprint density at radius 3 is 2.44 bits per heavy atom. The third-order valence-corrected chi connectivity index (χ3v) is 10.3. The number of morpholine rings is 1. The van der Waals surface area contributed by atoms with Crippen molar-refractivity contribution in [3.05, 3.63) is 63.8 Å². The van der Waals surface area contributed by atoms with Crippen LogP contribution in [0.3, 0.4) is 0 Å². The molecule has 3 aromatic rings. The lowest BCUT2D eigenvalue weighted by atomic mass is 9.96. The zero-order valence-corrected chi connectivity index (χ0v) is 26.3. The summed E-state index contributed by atoms with van der Waals surface area (Å²) in [6.45, 7) is 10.3. The third-order valence-electron chi connectivity index (χ3n) is 8.74. The van der Waals surface area contributed by atoms with Gasteiger partial charge in [-0.15, -0.1) is 11.8 Å². The number of thioether (sulfide) groups is 1. The minimum Gasteiger partial charge on any atom is -0.379 e. The quantitative estimate of drug-likeness (QED) is 0.277. The van der Waals surface area contributed by atoms with E-state index in [-0.39, 0.29) is 75.9 Å². The predicted molar refractivity (Wildman–Crippen MR) is 166 cm³/mol. The van der Waals surface area contributed by atoms with Crippen molar-refractivity contribution < 1.29 is 27.1 Å². The molecule has 240 valence electrons. The summed E-state index contributed by atoms with van der Waals surface area (Å²) in [6, 6.07) is 3.75. The Kier molecular flexibility index (Phi) is 8.66. The van der Waals surface area contributed by atoms with Crippen molar-refractivity contribution in [1.29, 1.82) is 0 Å². The number of ether oxygens (including phenoxy) is 1. The maximum absolute atomic E-state index is 15.0.